The maximum atomic E-state index is 5.89. The van der Waals surface area contributed by atoms with Crippen LogP contribution in [-0.4, -0.2) is 39.6 Å². The number of rotatable bonds is 7. The smallest absolute Gasteiger partial charge is 0.119 e. The lowest BCUT2D eigenvalue weighted by Gasteiger charge is -2.37. The molecule has 138 valence electrons. The van der Waals surface area contributed by atoms with Crippen molar-refractivity contribution in [3.05, 3.63) is 48.5 Å². The highest BCUT2D eigenvalue weighted by atomic mass is 16.5. The molecule has 0 bridgehead atoms. The van der Waals surface area contributed by atoms with Crippen molar-refractivity contribution >= 4 is 0 Å². The molecule has 2 saturated heterocycles. The van der Waals surface area contributed by atoms with Crippen LogP contribution in [0, 0.1) is 10.8 Å². The van der Waals surface area contributed by atoms with Crippen molar-refractivity contribution in [2.45, 2.75) is 13.8 Å². The molecule has 0 spiro atoms. The fourth-order valence-corrected chi connectivity index (χ4v) is 3.07. The summed E-state index contributed by atoms with van der Waals surface area (Å²) in [4.78, 5) is 0. The molecular formula is C22H26O4. The first-order chi connectivity index (χ1) is 12.5. The third kappa shape index (κ3) is 3.87. The minimum atomic E-state index is 0.164. The first-order valence-corrected chi connectivity index (χ1v) is 9.15. The van der Waals surface area contributed by atoms with Crippen LogP contribution in [0.25, 0.3) is 11.1 Å². The normalized spacial score (nSPS) is 19.9. The van der Waals surface area contributed by atoms with E-state index in [1.165, 1.54) is 11.1 Å². The zero-order valence-electron chi connectivity index (χ0n) is 15.5. The lowest BCUT2D eigenvalue weighted by Crippen LogP contribution is -2.44. The van der Waals surface area contributed by atoms with Crippen LogP contribution in [0.4, 0.5) is 0 Å². The monoisotopic (exact) mass is 354 g/mol. The van der Waals surface area contributed by atoms with Crippen LogP contribution in [-0.2, 0) is 9.47 Å². The Labute approximate surface area is 155 Å². The van der Waals surface area contributed by atoms with Gasteiger partial charge in [0, 0.05) is 10.8 Å². The van der Waals surface area contributed by atoms with E-state index in [9.17, 15) is 0 Å². The maximum Gasteiger partial charge on any atom is 0.119 e. The summed E-state index contributed by atoms with van der Waals surface area (Å²) in [7, 11) is 0. The Morgan fingerprint density at radius 2 is 1.00 bits per heavy atom. The third-order valence-electron chi connectivity index (χ3n) is 5.02. The summed E-state index contributed by atoms with van der Waals surface area (Å²) in [5.41, 5.74) is 2.66. The van der Waals surface area contributed by atoms with E-state index in [1.54, 1.807) is 0 Å². The van der Waals surface area contributed by atoms with Crippen molar-refractivity contribution in [3.63, 3.8) is 0 Å². The van der Waals surface area contributed by atoms with Crippen molar-refractivity contribution in [2.75, 3.05) is 39.6 Å². The minimum Gasteiger partial charge on any atom is -0.493 e. The SMILES string of the molecule is CC1(COc2ccc(-c3ccc(OCC4(C)COC4)cc3)cc2)COC1. The van der Waals surface area contributed by atoms with E-state index in [2.05, 4.69) is 38.1 Å². The summed E-state index contributed by atoms with van der Waals surface area (Å²) in [6.07, 6.45) is 0. The molecule has 2 aliphatic rings. The van der Waals surface area contributed by atoms with Crippen LogP contribution in [0.2, 0.25) is 0 Å². The molecule has 0 N–H and O–H groups in total. The van der Waals surface area contributed by atoms with Crippen LogP contribution in [0.5, 0.6) is 11.5 Å². The first-order valence-electron chi connectivity index (χ1n) is 9.15. The number of benzene rings is 2. The molecule has 0 unspecified atom stereocenters. The molecule has 0 aliphatic carbocycles. The van der Waals surface area contributed by atoms with Gasteiger partial charge in [0.1, 0.15) is 11.5 Å². The average molecular weight is 354 g/mol. The Hall–Kier alpha value is -2.04. The van der Waals surface area contributed by atoms with Crippen molar-refractivity contribution in [1.82, 2.24) is 0 Å². The minimum absolute atomic E-state index is 0.164. The topological polar surface area (TPSA) is 36.9 Å². The van der Waals surface area contributed by atoms with Gasteiger partial charge in [-0.05, 0) is 35.4 Å². The van der Waals surface area contributed by atoms with Crippen molar-refractivity contribution < 1.29 is 18.9 Å². The highest BCUT2D eigenvalue weighted by molar-refractivity contribution is 5.64. The van der Waals surface area contributed by atoms with Crippen LogP contribution in [0.1, 0.15) is 13.8 Å². The van der Waals surface area contributed by atoms with Crippen LogP contribution in [0.3, 0.4) is 0 Å². The largest absolute Gasteiger partial charge is 0.493 e. The Balaban J connectivity index is 1.33. The van der Waals surface area contributed by atoms with Gasteiger partial charge in [-0.2, -0.15) is 0 Å². The molecule has 2 aromatic carbocycles. The zero-order chi connectivity index (χ0) is 18.0. The van der Waals surface area contributed by atoms with Gasteiger partial charge in [0.05, 0.1) is 39.6 Å². The predicted octanol–water partition coefficient (Wildman–Crippen LogP) is 4.18. The standard InChI is InChI=1S/C22H26O4/c1-21(11-23-12-21)15-25-19-7-3-17(4-8-19)18-5-9-20(10-6-18)26-16-22(2)13-24-14-22/h3-10H,11-16H2,1-2H3. The summed E-state index contributed by atoms with van der Waals surface area (Å²) in [5.74, 6) is 1.80. The number of hydrogen-bond donors (Lipinski definition) is 0. The van der Waals surface area contributed by atoms with Gasteiger partial charge in [0.25, 0.3) is 0 Å². The third-order valence-corrected chi connectivity index (χ3v) is 5.02. The summed E-state index contributed by atoms with van der Waals surface area (Å²) in [5, 5.41) is 0. The van der Waals surface area contributed by atoms with Gasteiger partial charge in [0.2, 0.25) is 0 Å². The Kier molecular flexibility index (Phi) is 4.63. The second-order valence-electron chi connectivity index (χ2n) is 8.23. The van der Waals surface area contributed by atoms with Crippen LogP contribution < -0.4 is 9.47 Å². The van der Waals surface area contributed by atoms with Crippen LogP contribution >= 0.6 is 0 Å². The molecule has 4 rings (SSSR count). The fourth-order valence-electron chi connectivity index (χ4n) is 3.07. The predicted molar refractivity (Wildman–Crippen MR) is 101 cm³/mol. The van der Waals surface area contributed by atoms with Gasteiger partial charge in [-0.1, -0.05) is 38.1 Å². The zero-order valence-corrected chi connectivity index (χ0v) is 15.5. The van der Waals surface area contributed by atoms with E-state index in [4.69, 9.17) is 18.9 Å². The van der Waals surface area contributed by atoms with E-state index in [-0.39, 0.29) is 10.8 Å². The molecule has 26 heavy (non-hydrogen) atoms. The molecule has 0 atom stereocenters. The Morgan fingerprint density at radius 1 is 0.654 bits per heavy atom. The fraction of sp³-hybridized carbons (Fsp3) is 0.455. The molecule has 0 radical (unpaired) electrons. The highest BCUT2D eigenvalue weighted by Gasteiger charge is 2.34. The number of hydrogen-bond acceptors (Lipinski definition) is 4. The van der Waals surface area contributed by atoms with Gasteiger partial charge in [-0.25, -0.2) is 0 Å². The highest BCUT2D eigenvalue weighted by Crippen LogP contribution is 2.30. The van der Waals surface area contributed by atoms with E-state index in [0.717, 1.165) is 37.9 Å². The molecular weight excluding hydrogens is 328 g/mol. The molecule has 4 heteroatoms. The second-order valence-corrected chi connectivity index (χ2v) is 8.23. The Bertz CT molecular complexity index is 662. The summed E-state index contributed by atoms with van der Waals surface area (Å²) < 4.78 is 22.3. The molecule has 0 saturated carbocycles. The van der Waals surface area contributed by atoms with E-state index < -0.39 is 0 Å². The second kappa shape index (κ2) is 6.93. The van der Waals surface area contributed by atoms with Gasteiger partial charge >= 0.3 is 0 Å². The summed E-state index contributed by atoms with van der Waals surface area (Å²) >= 11 is 0. The van der Waals surface area contributed by atoms with Gasteiger partial charge < -0.3 is 18.9 Å². The van der Waals surface area contributed by atoms with Gasteiger partial charge in [-0.15, -0.1) is 0 Å². The summed E-state index contributed by atoms with van der Waals surface area (Å²) in [6.45, 7) is 8.90. The molecule has 2 fully saturated rings. The quantitative estimate of drug-likeness (QED) is 0.747. The van der Waals surface area contributed by atoms with E-state index >= 15 is 0 Å². The lowest BCUT2D eigenvalue weighted by atomic mass is 9.90. The van der Waals surface area contributed by atoms with E-state index in [0.29, 0.717) is 13.2 Å². The lowest BCUT2D eigenvalue weighted by molar-refractivity contribution is -0.120. The van der Waals surface area contributed by atoms with Crippen LogP contribution in [0.15, 0.2) is 48.5 Å². The molecule has 2 aromatic rings. The Morgan fingerprint density at radius 3 is 1.27 bits per heavy atom. The van der Waals surface area contributed by atoms with Crippen molar-refractivity contribution in [3.8, 4) is 22.6 Å². The molecule has 4 nitrogen and oxygen atoms in total. The first kappa shape index (κ1) is 17.4. The summed E-state index contributed by atoms with van der Waals surface area (Å²) in [6, 6.07) is 16.5. The average Bonchev–Trinajstić information content (AvgIpc) is 2.62. The van der Waals surface area contributed by atoms with Gasteiger partial charge in [-0.3, -0.25) is 0 Å². The number of ether oxygens (including phenoxy) is 4. The van der Waals surface area contributed by atoms with Crippen molar-refractivity contribution in [1.29, 1.82) is 0 Å². The molecule has 0 amide bonds. The molecule has 0 aromatic heterocycles. The van der Waals surface area contributed by atoms with Crippen molar-refractivity contribution in [2.24, 2.45) is 10.8 Å². The maximum absolute atomic E-state index is 5.89. The molecule has 2 heterocycles. The van der Waals surface area contributed by atoms with E-state index in [1.807, 2.05) is 24.3 Å². The molecule has 2 aliphatic heterocycles. The van der Waals surface area contributed by atoms with Gasteiger partial charge in [0.15, 0.2) is 0 Å².